The monoisotopic (exact) mass is 443 g/mol. The number of hydrogen-bond donors (Lipinski definition) is 2. The fraction of sp³-hybridized carbons (Fsp3) is 0.174. The second kappa shape index (κ2) is 8.61. The van der Waals surface area contributed by atoms with Crippen molar-refractivity contribution in [3.8, 4) is 17.3 Å². The summed E-state index contributed by atoms with van der Waals surface area (Å²) in [5.74, 6) is -0.328. The molecule has 0 aliphatic rings. The fourth-order valence-corrected chi connectivity index (χ4v) is 4.00. The molecule has 0 unspecified atom stereocenters. The van der Waals surface area contributed by atoms with Gasteiger partial charge in [-0.25, -0.2) is 14.6 Å². The van der Waals surface area contributed by atoms with Crippen LogP contribution in [0.5, 0.6) is 0 Å². The van der Waals surface area contributed by atoms with Gasteiger partial charge >= 0.3 is 0 Å². The van der Waals surface area contributed by atoms with E-state index in [1.807, 2.05) is 50.2 Å². The van der Waals surface area contributed by atoms with Gasteiger partial charge in [-0.1, -0.05) is 30.3 Å². The topological polar surface area (TPSA) is 123 Å². The van der Waals surface area contributed by atoms with Crippen LogP contribution in [0.1, 0.15) is 42.9 Å². The summed E-state index contributed by atoms with van der Waals surface area (Å²) in [5.41, 5.74) is 9.53. The maximum Gasteiger partial charge on any atom is 0.258 e. The van der Waals surface area contributed by atoms with Gasteiger partial charge in [0.05, 0.1) is 34.1 Å². The lowest BCUT2D eigenvalue weighted by molar-refractivity contribution is 0.102. The SMILES string of the molecule is C/C(N)=C(\C#N)c1csc(NC(=O)c2cc(-c3ccccc3)nc3c2cnn3C(C)C)n1. The lowest BCUT2D eigenvalue weighted by Gasteiger charge is -2.10. The Balaban J connectivity index is 1.77. The summed E-state index contributed by atoms with van der Waals surface area (Å²) in [6.07, 6.45) is 1.66. The second-order valence-corrected chi connectivity index (χ2v) is 8.36. The van der Waals surface area contributed by atoms with Gasteiger partial charge in [-0.15, -0.1) is 11.3 Å². The van der Waals surface area contributed by atoms with Gasteiger partial charge in [-0.2, -0.15) is 10.4 Å². The van der Waals surface area contributed by atoms with Crippen molar-refractivity contribution in [1.82, 2.24) is 19.7 Å². The number of thiazole rings is 1. The van der Waals surface area contributed by atoms with Crippen LogP contribution in [0.25, 0.3) is 27.9 Å². The molecule has 0 atom stereocenters. The summed E-state index contributed by atoms with van der Waals surface area (Å²) >= 11 is 1.23. The van der Waals surface area contributed by atoms with Gasteiger partial charge in [0, 0.05) is 22.7 Å². The average Bonchev–Trinajstić information content (AvgIpc) is 3.41. The van der Waals surface area contributed by atoms with Crippen LogP contribution >= 0.6 is 11.3 Å². The smallest absolute Gasteiger partial charge is 0.258 e. The molecule has 160 valence electrons. The molecule has 0 radical (unpaired) electrons. The Hall–Kier alpha value is -4.03. The number of nitrogens with two attached hydrogens (primary N) is 1. The van der Waals surface area contributed by atoms with E-state index in [2.05, 4.69) is 15.4 Å². The number of aromatic nitrogens is 4. The molecule has 0 spiro atoms. The van der Waals surface area contributed by atoms with E-state index in [-0.39, 0.29) is 17.5 Å². The molecule has 0 saturated heterocycles. The van der Waals surface area contributed by atoms with Crippen LogP contribution in [0.15, 0.2) is 53.7 Å². The number of benzene rings is 1. The Morgan fingerprint density at radius 3 is 2.66 bits per heavy atom. The highest BCUT2D eigenvalue weighted by atomic mass is 32.1. The van der Waals surface area contributed by atoms with Crippen molar-refractivity contribution in [3.63, 3.8) is 0 Å². The van der Waals surface area contributed by atoms with Crippen LogP contribution in [0.4, 0.5) is 5.13 Å². The molecule has 3 heterocycles. The van der Waals surface area contributed by atoms with E-state index in [0.29, 0.717) is 38.8 Å². The number of amides is 1. The van der Waals surface area contributed by atoms with Crippen LogP contribution in [-0.2, 0) is 0 Å². The molecule has 3 N–H and O–H groups in total. The van der Waals surface area contributed by atoms with Crippen molar-refractivity contribution in [2.24, 2.45) is 5.73 Å². The van der Waals surface area contributed by atoms with Crippen molar-refractivity contribution < 1.29 is 4.79 Å². The van der Waals surface area contributed by atoms with Gasteiger partial charge < -0.3 is 5.73 Å². The number of hydrogen-bond acceptors (Lipinski definition) is 7. The Labute approximate surface area is 189 Å². The minimum absolute atomic E-state index is 0.0825. The predicted octanol–water partition coefficient (Wildman–Crippen LogP) is 4.60. The third-order valence-corrected chi connectivity index (χ3v) is 5.61. The van der Waals surface area contributed by atoms with E-state index in [0.717, 1.165) is 5.56 Å². The summed E-state index contributed by atoms with van der Waals surface area (Å²) in [6, 6.07) is 13.6. The summed E-state index contributed by atoms with van der Waals surface area (Å²) in [6.45, 7) is 5.67. The highest BCUT2D eigenvalue weighted by Gasteiger charge is 2.20. The van der Waals surface area contributed by atoms with Gasteiger partial charge in [0.1, 0.15) is 6.07 Å². The van der Waals surface area contributed by atoms with E-state index < -0.39 is 0 Å². The molecule has 0 fully saturated rings. The minimum Gasteiger partial charge on any atom is -0.401 e. The highest BCUT2D eigenvalue weighted by molar-refractivity contribution is 7.14. The van der Waals surface area contributed by atoms with Gasteiger partial charge in [-0.05, 0) is 26.8 Å². The van der Waals surface area contributed by atoms with E-state index >= 15 is 0 Å². The largest absolute Gasteiger partial charge is 0.401 e. The molecule has 0 bridgehead atoms. The Morgan fingerprint density at radius 1 is 1.25 bits per heavy atom. The van der Waals surface area contributed by atoms with Crippen LogP contribution in [0.2, 0.25) is 0 Å². The van der Waals surface area contributed by atoms with Gasteiger partial charge in [-0.3, -0.25) is 10.1 Å². The van der Waals surface area contributed by atoms with Crippen LogP contribution < -0.4 is 11.1 Å². The molecule has 3 aromatic heterocycles. The van der Waals surface area contributed by atoms with Crippen LogP contribution in [0.3, 0.4) is 0 Å². The highest BCUT2D eigenvalue weighted by Crippen LogP contribution is 2.28. The third kappa shape index (κ3) is 3.96. The van der Waals surface area contributed by atoms with Gasteiger partial charge in [0.15, 0.2) is 10.8 Å². The number of fused-ring (bicyclic) bond motifs is 1. The zero-order valence-corrected chi connectivity index (χ0v) is 18.6. The quantitative estimate of drug-likeness (QED) is 0.435. The molecule has 9 heteroatoms. The first-order valence-corrected chi connectivity index (χ1v) is 10.8. The second-order valence-electron chi connectivity index (χ2n) is 7.50. The third-order valence-electron chi connectivity index (χ3n) is 4.86. The first-order chi connectivity index (χ1) is 15.4. The maximum absolute atomic E-state index is 13.3. The number of carbonyl (C=O) groups is 1. The first-order valence-electron chi connectivity index (χ1n) is 9.96. The number of carbonyl (C=O) groups excluding carboxylic acids is 1. The number of rotatable bonds is 5. The molecular formula is C23H21N7OS. The summed E-state index contributed by atoms with van der Waals surface area (Å²) < 4.78 is 1.80. The lowest BCUT2D eigenvalue weighted by atomic mass is 10.1. The average molecular weight is 444 g/mol. The Bertz CT molecular complexity index is 1370. The van der Waals surface area contributed by atoms with Crippen molar-refractivity contribution in [2.75, 3.05) is 5.32 Å². The number of nitrogens with zero attached hydrogens (tertiary/aromatic N) is 5. The van der Waals surface area contributed by atoms with Crippen molar-refractivity contribution in [3.05, 3.63) is 64.9 Å². The zero-order chi connectivity index (χ0) is 22.8. The van der Waals surface area contributed by atoms with Gasteiger partial charge in [0.2, 0.25) is 0 Å². The minimum atomic E-state index is -0.328. The van der Waals surface area contributed by atoms with Crippen molar-refractivity contribution in [2.45, 2.75) is 26.8 Å². The fourth-order valence-electron chi connectivity index (χ4n) is 3.30. The lowest BCUT2D eigenvalue weighted by Crippen LogP contribution is -2.13. The standard InChI is InChI=1S/C23H21N7OS/c1-13(2)30-21-18(11-26-30)16(9-19(27-21)15-7-5-4-6-8-15)22(31)29-23-28-20(12-32-23)17(10-24)14(3)25/h4-9,11-13H,25H2,1-3H3,(H,28,29,31)/b17-14-. The summed E-state index contributed by atoms with van der Waals surface area (Å²) in [4.78, 5) is 22.4. The molecule has 32 heavy (non-hydrogen) atoms. The predicted molar refractivity (Wildman–Crippen MR) is 126 cm³/mol. The van der Waals surface area contributed by atoms with E-state index in [1.165, 1.54) is 11.3 Å². The normalized spacial score (nSPS) is 12.0. The van der Waals surface area contributed by atoms with Gasteiger partial charge in [0.25, 0.3) is 5.91 Å². The molecule has 4 rings (SSSR count). The van der Waals surface area contributed by atoms with E-state index in [1.54, 1.807) is 29.2 Å². The number of nitrogens with one attached hydrogen (secondary N) is 1. The zero-order valence-electron chi connectivity index (χ0n) is 17.8. The molecule has 1 amide bonds. The summed E-state index contributed by atoms with van der Waals surface area (Å²) in [5, 5.41) is 19.3. The Morgan fingerprint density at radius 2 is 2.00 bits per heavy atom. The van der Waals surface area contributed by atoms with Crippen molar-refractivity contribution in [1.29, 1.82) is 5.26 Å². The molecule has 0 aliphatic carbocycles. The number of pyridine rings is 1. The van der Waals surface area contributed by atoms with Crippen LogP contribution in [-0.4, -0.2) is 25.7 Å². The first kappa shape index (κ1) is 21.2. The molecule has 8 nitrogen and oxygen atoms in total. The molecule has 0 saturated carbocycles. The molecular weight excluding hydrogens is 422 g/mol. The molecule has 1 aromatic carbocycles. The van der Waals surface area contributed by atoms with E-state index in [4.69, 9.17) is 10.7 Å². The molecule has 0 aliphatic heterocycles. The van der Waals surface area contributed by atoms with Crippen LogP contribution in [0, 0.1) is 11.3 Å². The number of allylic oxidation sites excluding steroid dienone is 2. The summed E-state index contributed by atoms with van der Waals surface area (Å²) in [7, 11) is 0. The molecule has 4 aromatic rings. The van der Waals surface area contributed by atoms with Crippen molar-refractivity contribution >= 4 is 39.0 Å². The van der Waals surface area contributed by atoms with E-state index in [9.17, 15) is 10.1 Å². The number of nitriles is 1. The number of anilines is 1. The Kier molecular flexibility index (Phi) is 5.71. The maximum atomic E-state index is 13.3.